The van der Waals surface area contributed by atoms with Crippen LogP contribution in [0.3, 0.4) is 0 Å². The molecule has 2 N–H and O–H groups in total. The summed E-state index contributed by atoms with van der Waals surface area (Å²) >= 11 is 0. The third-order valence-corrected chi connectivity index (χ3v) is 4.50. The van der Waals surface area contributed by atoms with Gasteiger partial charge in [-0.25, -0.2) is 0 Å². The van der Waals surface area contributed by atoms with Crippen LogP contribution in [-0.4, -0.2) is 34.7 Å². The second-order valence-corrected chi connectivity index (χ2v) is 6.70. The lowest BCUT2D eigenvalue weighted by molar-refractivity contribution is 0.213. The van der Waals surface area contributed by atoms with E-state index in [1.54, 1.807) is 0 Å². The molecule has 2 unspecified atom stereocenters. The van der Waals surface area contributed by atoms with Crippen molar-refractivity contribution in [3.05, 3.63) is 11.7 Å². The minimum atomic E-state index is -0.127. The van der Waals surface area contributed by atoms with Crippen molar-refractivity contribution in [2.75, 3.05) is 19.6 Å². The molecule has 1 saturated carbocycles. The second-order valence-electron chi connectivity index (χ2n) is 6.70. The zero-order valence-corrected chi connectivity index (χ0v) is 11.9. The van der Waals surface area contributed by atoms with Gasteiger partial charge in [0.25, 0.3) is 0 Å². The van der Waals surface area contributed by atoms with Gasteiger partial charge in [-0.15, -0.1) is 0 Å². The van der Waals surface area contributed by atoms with Crippen molar-refractivity contribution in [1.82, 2.24) is 15.0 Å². The highest BCUT2D eigenvalue weighted by Crippen LogP contribution is 2.58. The third-order valence-electron chi connectivity index (χ3n) is 4.50. The van der Waals surface area contributed by atoms with Gasteiger partial charge in [0.2, 0.25) is 5.89 Å². The Hall–Kier alpha value is -0.940. The number of hydrogen-bond donors (Lipinski definition) is 1. The van der Waals surface area contributed by atoms with Gasteiger partial charge in [-0.05, 0) is 37.8 Å². The highest BCUT2D eigenvalue weighted by molar-refractivity contribution is 5.13. The lowest BCUT2D eigenvalue weighted by Gasteiger charge is -2.27. The molecule has 1 aliphatic carbocycles. The molecule has 0 aromatic carbocycles. The van der Waals surface area contributed by atoms with Crippen LogP contribution in [0.5, 0.6) is 0 Å². The van der Waals surface area contributed by atoms with Crippen LogP contribution in [0.4, 0.5) is 0 Å². The van der Waals surface area contributed by atoms with Gasteiger partial charge in [-0.3, -0.25) is 0 Å². The minimum absolute atomic E-state index is 0.127. The molecule has 0 bridgehead atoms. The van der Waals surface area contributed by atoms with Crippen molar-refractivity contribution >= 4 is 0 Å². The molecule has 19 heavy (non-hydrogen) atoms. The maximum absolute atomic E-state index is 6.20. The van der Waals surface area contributed by atoms with Gasteiger partial charge in [0, 0.05) is 12.5 Å². The smallest absolute Gasteiger partial charge is 0.230 e. The van der Waals surface area contributed by atoms with E-state index in [1.807, 2.05) is 0 Å². The summed E-state index contributed by atoms with van der Waals surface area (Å²) in [5, 5.41) is 4.07. The van der Waals surface area contributed by atoms with E-state index in [0.29, 0.717) is 17.2 Å². The molecule has 1 aromatic heterocycles. The van der Waals surface area contributed by atoms with E-state index >= 15 is 0 Å². The predicted octanol–water partition coefficient (Wildman–Crippen LogP) is 2.07. The summed E-state index contributed by atoms with van der Waals surface area (Å²) in [6.07, 6.45) is 5.03. The molecule has 3 rings (SSSR count). The maximum Gasteiger partial charge on any atom is 0.230 e. The first-order valence-corrected chi connectivity index (χ1v) is 7.38. The van der Waals surface area contributed by atoms with Gasteiger partial charge in [0.1, 0.15) is 0 Å². The van der Waals surface area contributed by atoms with Gasteiger partial charge in [-0.1, -0.05) is 25.4 Å². The molecule has 1 saturated heterocycles. The highest BCUT2D eigenvalue weighted by atomic mass is 16.5. The minimum Gasteiger partial charge on any atom is -0.339 e. The van der Waals surface area contributed by atoms with E-state index in [0.717, 1.165) is 31.9 Å². The average molecular weight is 264 g/mol. The summed E-state index contributed by atoms with van der Waals surface area (Å²) in [6, 6.07) is -0.127. The standard InChI is InChI=1S/C14H24N4O/c1-14(2)8-10(14)13-16-12(17-19-13)11(15)9-18-6-4-3-5-7-18/h10-11H,3-9,15H2,1-2H3. The lowest BCUT2D eigenvalue weighted by atomic mass is 10.1. The van der Waals surface area contributed by atoms with Crippen LogP contribution >= 0.6 is 0 Å². The fourth-order valence-corrected chi connectivity index (χ4v) is 2.93. The van der Waals surface area contributed by atoms with E-state index in [-0.39, 0.29) is 6.04 Å². The van der Waals surface area contributed by atoms with Crippen LogP contribution in [0.15, 0.2) is 4.52 Å². The molecule has 5 nitrogen and oxygen atoms in total. The zero-order chi connectivity index (χ0) is 13.5. The van der Waals surface area contributed by atoms with Crippen LogP contribution in [0, 0.1) is 5.41 Å². The van der Waals surface area contributed by atoms with Crippen molar-refractivity contribution in [2.45, 2.75) is 51.5 Å². The van der Waals surface area contributed by atoms with E-state index in [1.165, 1.54) is 19.3 Å². The zero-order valence-electron chi connectivity index (χ0n) is 11.9. The van der Waals surface area contributed by atoms with E-state index in [4.69, 9.17) is 10.3 Å². The maximum atomic E-state index is 6.20. The SMILES string of the molecule is CC1(C)CC1c1nc(C(N)CN2CCCCC2)no1. The van der Waals surface area contributed by atoms with Crippen molar-refractivity contribution in [3.63, 3.8) is 0 Å². The Kier molecular flexibility index (Phi) is 3.35. The van der Waals surface area contributed by atoms with Crippen molar-refractivity contribution in [1.29, 1.82) is 0 Å². The van der Waals surface area contributed by atoms with Crippen molar-refractivity contribution in [2.24, 2.45) is 11.1 Å². The number of nitrogens with zero attached hydrogens (tertiary/aromatic N) is 3. The number of rotatable bonds is 4. The summed E-state index contributed by atoms with van der Waals surface area (Å²) < 4.78 is 5.37. The Morgan fingerprint density at radius 1 is 1.37 bits per heavy atom. The van der Waals surface area contributed by atoms with Crippen LogP contribution in [0.2, 0.25) is 0 Å². The normalized spacial score (nSPS) is 28.3. The first-order chi connectivity index (χ1) is 9.06. The van der Waals surface area contributed by atoms with Gasteiger partial charge < -0.3 is 15.2 Å². The van der Waals surface area contributed by atoms with E-state index < -0.39 is 0 Å². The largest absolute Gasteiger partial charge is 0.339 e. The van der Waals surface area contributed by atoms with Gasteiger partial charge in [0.05, 0.1) is 6.04 Å². The summed E-state index contributed by atoms with van der Waals surface area (Å²) in [5.41, 5.74) is 6.52. The molecular formula is C14H24N4O. The molecule has 5 heteroatoms. The Labute approximate surface area is 114 Å². The van der Waals surface area contributed by atoms with Crippen LogP contribution < -0.4 is 5.73 Å². The molecule has 2 aliphatic rings. The molecule has 0 amide bonds. The molecule has 0 spiro atoms. The Bertz CT molecular complexity index is 436. The number of nitrogens with two attached hydrogens (primary N) is 1. The summed E-state index contributed by atoms with van der Waals surface area (Å²) in [4.78, 5) is 6.91. The second kappa shape index (κ2) is 4.87. The number of likely N-dealkylation sites (tertiary alicyclic amines) is 1. The Morgan fingerprint density at radius 3 is 2.68 bits per heavy atom. The van der Waals surface area contributed by atoms with E-state index in [9.17, 15) is 0 Å². The highest BCUT2D eigenvalue weighted by Gasteiger charge is 2.50. The molecule has 1 aromatic rings. The number of piperidine rings is 1. The van der Waals surface area contributed by atoms with Gasteiger partial charge >= 0.3 is 0 Å². The first-order valence-electron chi connectivity index (χ1n) is 7.38. The fourth-order valence-electron chi connectivity index (χ4n) is 2.93. The average Bonchev–Trinajstić information content (AvgIpc) is 2.83. The summed E-state index contributed by atoms with van der Waals surface area (Å²) in [7, 11) is 0. The molecule has 1 aliphatic heterocycles. The molecule has 2 atom stereocenters. The number of aromatic nitrogens is 2. The van der Waals surface area contributed by atoms with Crippen molar-refractivity contribution in [3.8, 4) is 0 Å². The van der Waals surface area contributed by atoms with E-state index in [2.05, 4.69) is 28.9 Å². The topological polar surface area (TPSA) is 68.2 Å². The predicted molar refractivity (Wildman–Crippen MR) is 72.7 cm³/mol. The number of hydrogen-bond acceptors (Lipinski definition) is 5. The van der Waals surface area contributed by atoms with Crippen LogP contribution in [-0.2, 0) is 0 Å². The third kappa shape index (κ3) is 2.82. The molecule has 2 fully saturated rings. The first kappa shape index (κ1) is 13.1. The molecular weight excluding hydrogens is 240 g/mol. The lowest BCUT2D eigenvalue weighted by Crippen LogP contribution is -2.36. The molecule has 106 valence electrons. The van der Waals surface area contributed by atoms with Gasteiger partial charge in [0.15, 0.2) is 5.82 Å². The monoisotopic (exact) mass is 264 g/mol. The quantitative estimate of drug-likeness (QED) is 0.901. The fraction of sp³-hybridized carbons (Fsp3) is 0.857. The molecule has 2 heterocycles. The van der Waals surface area contributed by atoms with Crippen molar-refractivity contribution < 1.29 is 4.52 Å². The van der Waals surface area contributed by atoms with Gasteiger partial charge in [-0.2, -0.15) is 4.98 Å². The summed E-state index contributed by atoms with van der Waals surface area (Å²) in [5.74, 6) is 1.87. The Balaban J connectivity index is 1.59. The van der Waals surface area contributed by atoms with Crippen LogP contribution in [0.25, 0.3) is 0 Å². The Morgan fingerprint density at radius 2 is 2.05 bits per heavy atom. The summed E-state index contributed by atoms with van der Waals surface area (Å²) in [6.45, 7) is 7.60. The van der Waals surface area contributed by atoms with Crippen LogP contribution in [0.1, 0.15) is 63.2 Å². The molecule has 0 radical (unpaired) electrons.